The number of aromatic nitrogens is 2. The van der Waals surface area contributed by atoms with Crippen LogP contribution in [0.3, 0.4) is 0 Å². The molecule has 0 aromatic carbocycles. The van der Waals surface area contributed by atoms with Crippen LogP contribution in [0.2, 0.25) is 0 Å². The number of rotatable bonds is 7. The van der Waals surface area contributed by atoms with Gasteiger partial charge in [0.15, 0.2) is 0 Å². The van der Waals surface area contributed by atoms with E-state index >= 15 is 0 Å². The minimum absolute atomic E-state index is 0.0743. The zero-order chi connectivity index (χ0) is 16.8. The molecule has 8 heteroatoms. The first-order valence-corrected chi connectivity index (χ1v) is 7.08. The summed E-state index contributed by atoms with van der Waals surface area (Å²) >= 11 is 0. The smallest absolute Gasteiger partial charge is 0.241 e. The fourth-order valence-electron chi connectivity index (χ4n) is 1.62. The van der Waals surface area contributed by atoms with E-state index in [0.29, 0.717) is 18.8 Å². The number of amides is 2. The molecule has 22 heavy (non-hydrogen) atoms. The average Bonchev–Trinajstić information content (AvgIpc) is 2.84. The number of anilines is 1. The van der Waals surface area contributed by atoms with E-state index in [2.05, 4.69) is 15.7 Å². The fraction of sp³-hybridized carbons (Fsp3) is 0.643. The monoisotopic (exact) mass is 311 g/mol. The van der Waals surface area contributed by atoms with Crippen LogP contribution in [0.5, 0.6) is 0 Å². The molecule has 4 N–H and O–H groups in total. The van der Waals surface area contributed by atoms with Gasteiger partial charge in [-0.3, -0.25) is 14.3 Å². The molecule has 0 aliphatic heterocycles. The summed E-state index contributed by atoms with van der Waals surface area (Å²) in [5.74, 6) is -0.457. The Balaban J connectivity index is 2.51. The number of carbonyl (C=O) groups excluding carboxylic acids is 2. The van der Waals surface area contributed by atoms with Crippen molar-refractivity contribution in [2.24, 2.45) is 11.1 Å². The highest BCUT2D eigenvalue weighted by molar-refractivity contribution is 5.95. The first kappa shape index (κ1) is 18.1. The van der Waals surface area contributed by atoms with Gasteiger partial charge in [-0.2, -0.15) is 5.10 Å². The van der Waals surface area contributed by atoms with E-state index in [4.69, 9.17) is 10.5 Å². The SMILES string of the molecule is COCCNC(=O)Cn1cc(NC(=O)[C@@H](N)C(C)(C)C)cn1. The first-order valence-electron chi connectivity index (χ1n) is 7.08. The summed E-state index contributed by atoms with van der Waals surface area (Å²) in [5, 5.41) is 9.41. The van der Waals surface area contributed by atoms with Crippen molar-refractivity contribution in [3.05, 3.63) is 12.4 Å². The van der Waals surface area contributed by atoms with Gasteiger partial charge >= 0.3 is 0 Å². The Morgan fingerprint density at radius 2 is 2.14 bits per heavy atom. The first-order chi connectivity index (χ1) is 10.2. The molecule has 0 fully saturated rings. The molecule has 0 aliphatic carbocycles. The van der Waals surface area contributed by atoms with Crippen LogP contribution in [0.4, 0.5) is 5.69 Å². The summed E-state index contributed by atoms with van der Waals surface area (Å²) in [7, 11) is 1.57. The zero-order valence-electron chi connectivity index (χ0n) is 13.5. The number of carbonyl (C=O) groups is 2. The van der Waals surface area contributed by atoms with Gasteiger partial charge in [-0.05, 0) is 5.41 Å². The summed E-state index contributed by atoms with van der Waals surface area (Å²) in [6.45, 7) is 6.66. The summed E-state index contributed by atoms with van der Waals surface area (Å²) in [6.07, 6.45) is 3.07. The van der Waals surface area contributed by atoms with E-state index in [-0.39, 0.29) is 23.8 Å². The molecule has 0 radical (unpaired) electrons. The lowest BCUT2D eigenvalue weighted by Gasteiger charge is -2.25. The molecular formula is C14H25N5O3. The van der Waals surface area contributed by atoms with E-state index in [1.807, 2.05) is 20.8 Å². The predicted octanol–water partition coefficient (Wildman–Crippen LogP) is -0.0424. The van der Waals surface area contributed by atoms with Crippen molar-refractivity contribution in [3.8, 4) is 0 Å². The second kappa shape index (κ2) is 7.90. The molecular weight excluding hydrogens is 286 g/mol. The molecule has 0 saturated heterocycles. The lowest BCUT2D eigenvalue weighted by Crippen LogP contribution is -2.45. The van der Waals surface area contributed by atoms with Gasteiger partial charge in [0.05, 0.1) is 24.5 Å². The second-order valence-electron chi connectivity index (χ2n) is 6.10. The van der Waals surface area contributed by atoms with Gasteiger partial charge in [-0.25, -0.2) is 0 Å². The van der Waals surface area contributed by atoms with Crippen LogP contribution in [0.25, 0.3) is 0 Å². The fourth-order valence-corrected chi connectivity index (χ4v) is 1.62. The van der Waals surface area contributed by atoms with Crippen LogP contribution in [0, 0.1) is 5.41 Å². The largest absolute Gasteiger partial charge is 0.383 e. The molecule has 1 heterocycles. The zero-order valence-corrected chi connectivity index (χ0v) is 13.5. The minimum atomic E-state index is -0.631. The maximum absolute atomic E-state index is 12.0. The molecule has 0 bridgehead atoms. The van der Waals surface area contributed by atoms with Crippen molar-refractivity contribution < 1.29 is 14.3 Å². The predicted molar refractivity (Wildman–Crippen MR) is 83.2 cm³/mol. The molecule has 1 atom stereocenters. The second-order valence-corrected chi connectivity index (χ2v) is 6.10. The Labute approximate surface area is 130 Å². The Kier molecular flexibility index (Phi) is 6.51. The molecule has 124 valence electrons. The third-order valence-corrected chi connectivity index (χ3v) is 3.05. The Bertz CT molecular complexity index is 507. The quantitative estimate of drug-likeness (QED) is 0.612. The Morgan fingerprint density at radius 3 is 2.73 bits per heavy atom. The average molecular weight is 311 g/mol. The van der Waals surface area contributed by atoms with E-state index in [9.17, 15) is 9.59 Å². The molecule has 1 rings (SSSR count). The highest BCUT2D eigenvalue weighted by Gasteiger charge is 2.27. The molecule has 0 saturated carbocycles. The van der Waals surface area contributed by atoms with Crippen molar-refractivity contribution in [3.63, 3.8) is 0 Å². The third-order valence-electron chi connectivity index (χ3n) is 3.05. The van der Waals surface area contributed by atoms with Crippen molar-refractivity contribution in [2.45, 2.75) is 33.4 Å². The molecule has 1 aromatic rings. The van der Waals surface area contributed by atoms with E-state index in [0.717, 1.165) is 0 Å². The van der Waals surface area contributed by atoms with Gasteiger partial charge in [0, 0.05) is 19.9 Å². The number of ether oxygens (including phenoxy) is 1. The van der Waals surface area contributed by atoms with Crippen LogP contribution in [0.1, 0.15) is 20.8 Å². The molecule has 8 nitrogen and oxygen atoms in total. The van der Waals surface area contributed by atoms with Gasteiger partial charge in [0.25, 0.3) is 0 Å². The van der Waals surface area contributed by atoms with E-state index in [1.165, 1.54) is 10.9 Å². The minimum Gasteiger partial charge on any atom is -0.383 e. The lowest BCUT2D eigenvalue weighted by molar-refractivity contribution is -0.122. The number of methoxy groups -OCH3 is 1. The summed E-state index contributed by atoms with van der Waals surface area (Å²) < 4.78 is 6.29. The van der Waals surface area contributed by atoms with Crippen molar-refractivity contribution in [2.75, 3.05) is 25.6 Å². The number of nitrogens with zero attached hydrogens (tertiary/aromatic N) is 2. The highest BCUT2D eigenvalue weighted by Crippen LogP contribution is 2.18. The molecule has 0 unspecified atom stereocenters. The highest BCUT2D eigenvalue weighted by atomic mass is 16.5. The summed E-state index contributed by atoms with van der Waals surface area (Å²) in [5.41, 5.74) is 6.06. The van der Waals surface area contributed by atoms with Crippen molar-refractivity contribution in [1.29, 1.82) is 0 Å². The van der Waals surface area contributed by atoms with Crippen LogP contribution in [-0.2, 0) is 20.9 Å². The van der Waals surface area contributed by atoms with Gasteiger partial charge in [0.1, 0.15) is 6.54 Å². The molecule has 2 amide bonds. The third kappa shape index (κ3) is 5.82. The van der Waals surface area contributed by atoms with Gasteiger partial charge in [-0.1, -0.05) is 20.8 Å². The Hall–Kier alpha value is -1.93. The van der Waals surface area contributed by atoms with E-state index < -0.39 is 6.04 Å². The lowest BCUT2D eigenvalue weighted by atomic mass is 9.87. The van der Waals surface area contributed by atoms with E-state index in [1.54, 1.807) is 13.3 Å². The van der Waals surface area contributed by atoms with Gasteiger partial charge in [0.2, 0.25) is 11.8 Å². The summed E-state index contributed by atoms with van der Waals surface area (Å²) in [6, 6.07) is -0.631. The number of nitrogens with one attached hydrogen (secondary N) is 2. The van der Waals surface area contributed by atoms with Crippen LogP contribution >= 0.6 is 0 Å². The number of hydrogen-bond acceptors (Lipinski definition) is 5. The maximum Gasteiger partial charge on any atom is 0.241 e. The topological polar surface area (TPSA) is 111 Å². The van der Waals surface area contributed by atoms with Crippen LogP contribution < -0.4 is 16.4 Å². The molecule has 0 aliphatic rings. The van der Waals surface area contributed by atoms with Crippen LogP contribution in [0.15, 0.2) is 12.4 Å². The normalized spacial score (nSPS) is 12.8. The van der Waals surface area contributed by atoms with Crippen LogP contribution in [-0.4, -0.2) is 47.9 Å². The standard InChI is InChI=1S/C14H25N5O3/c1-14(2,3)12(15)13(21)18-10-7-17-19(8-10)9-11(20)16-5-6-22-4/h7-8,12H,5-6,9,15H2,1-4H3,(H,16,20)(H,18,21)/t12-/m1/s1. The van der Waals surface area contributed by atoms with Gasteiger partial charge in [-0.15, -0.1) is 0 Å². The van der Waals surface area contributed by atoms with Gasteiger partial charge < -0.3 is 21.1 Å². The number of nitrogens with two attached hydrogens (primary N) is 1. The maximum atomic E-state index is 12.0. The Morgan fingerprint density at radius 1 is 1.45 bits per heavy atom. The molecule has 1 aromatic heterocycles. The molecule has 0 spiro atoms. The van der Waals surface area contributed by atoms with Crippen molar-refractivity contribution >= 4 is 17.5 Å². The number of hydrogen-bond donors (Lipinski definition) is 3. The van der Waals surface area contributed by atoms with Crippen molar-refractivity contribution in [1.82, 2.24) is 15.1 Å². The summed E-state index contributed by atoms with van der Waals surface area (Å²) in [4.78, 5) is 23.6.